The lowest BCUT2D eigenvalue weighted by Gasteiger charge is -2.29. The molecule has 3 rings (SSSR count). The van der Waals surface area contributed by atoms with Crippen molar-refractivity contribution >= 4 is 40.7 Å². The van der Waals surface area contributed by atoms with Crippen molar-refractivity contribution in [2.75, 3.05) is 25.0 Å². The molecular formula is C30H32Cl2N4O2. The van der Waals surface area contributed by atoms with Crippen molar-refractivity contribution in [3.8, 4) is 17.2 Å². The van der Waals surface area contributed by atoms with E-state index in [1.165, 1.54) is 0 Å². The number of nitrogens with one attached hydrogen (secondary N) is 2. The van der Waals surface area contributed by atoms with Gasteiger partial charge in [0.05, 0.1) is 17.7 Å². The second-order valence-corrected chi connectivity index (χ2v) is 10.4. The molecule has 0 aromatic heterocycles. The first-order valence-corrected chi connectivity index (χ1v) is 13.3. The third kappa shape index (κ3) is 8.59. The van der Waals surface area contributed by atoms with Crippen LogP contribution in [0.3, 0.4) is 0 Å². The second kappa shape index (κ2) is 14.0. The monoisotopic (exact) mass is 550 g/mol. The smallest absolute Gasteiger partial charge is 0.244 e. The van der Waals surface area contributed by atoms with E-state index in [0.717, 1.165) is 23.2 Å². The summed E-state index contributed by atoms with van der Waals surface area (Å²) in [5.41, 5.74) is 3.86. The molecule has 0 aliphatic heterocycles. The van der Waals surface area contributed by atoms with Crippen LogP contribution in [0.15, 0.2) is 66.7 Å². The lowest BCUT2D eigenvalue weighted by Crippen LogP contribution is -2.41. The average molecular weight is 552 g/mol. The van der Waals surface area contributed by atoms with Gasteiger partial charge in [0.2, 0.25) is 11.8 Å². The molecular weight excluding hydrogens is 519 g/mol. The van der Waals surface area contributed by atoms with E-state index in [9.17, 15) is 14.9 Å². The number of amides is 2. The van der Waals surface area contributed by atoms with E-state index in [0.29, 0.717) is 33.8 Å². The van der Waals surface area contributed by atoms with E-state index in [1.807, 2.05) is 49.4 Å². The zero-order valence-electron chi connectivity index (χ0n) is 21.8. The van der Waals surface area contributed by atoms with Gasteiger partial charge >= 0.3 is 0 Å². The van der Waals surface area contributed by atoms with Crippen molar-refractivity contribution in [3.63, 3.8) is 0 Å². The third-order valence-electron chi connectivity index (χ3n) is 6.03. The van der Waals surface area contributed by atoms with Crippen molar-refractivity contribution in [2.24, 2.45) is 5.92 Å². The Bertz CT molecular complexity index is 1280. The molecule has 0 bridgehead atoms. The summed E-state index contributed by atoms with van der Waals surface area (Å²) in [6.07, 6.45) is 0.270. The largest absolute Gasteiger partial charge is 0.327 e. The van der Waals surface area contributed by atoms with E-state index in [4.69, 9.17) is 23.2 Å². The molecule has 2 N–H and O–H groups in total. The highest BCUT2D eigenvalue weighted by molar-refractivity contribution is 6.35. The first-order chi connectivity index (χ1) is 18.2. The van der Waals surface area contributed by atoms with Crippen LogP contribution in [-0.4, -0.2) is 36.3 Å². The normalized spacial score (nSPS) is 11.6. The molecule has 0 aliphatic carbocycles. The Labute approximate surface area is 234 Å². The van der Waals surface area contributed by atoms with Gasteiger partial charge in [-0.1, -0.05) is 73.4 Å². The lowest BCUT2D eigenvalue weighted by molar-refractivity contribution is -0.136. The van der Waals surface area contributed by atoms with Crippen LogP contribution in [0.4, 0.5) is 5.69 Å². The molecule has 0 unspecified atom stereocenters. The maximum atomic E-state index is 13.3. The standard InChI is InChI=1S/C30H32Cl2N4O2/c1-20(2)18-34-12-11-30(38)36(19-29(37)35-28-15-26(31)14-27(32)16-28)21(3)23-7-9-24(10-8-23)25-6-4-5-22(13-25)17-33/h4-10,13-16,20-21,34H,11-12,18-19H2,1-3H3,(H,35,37)/t21-/m0/s1. The summed E-state index contributed by atoms with van der Waals surface area (Å²) in [5, 5.41) is 16.1. The number of rotatable bonds is 11. The summed E-state index contributed by atoms with van der Waals surface area (Å²) in [6, 6.07) is 21.8. The molecule has 0 heterocycles. The van der Waals surface area contributed by atoms with Crippen LogP contribution < -0.4 is 10.6 Å². The number of carbonyl (C=O) groups is 2. The van der Waals surface area contributed by atoms with E-state index in [2.05, 4.69) is 30.6 Å². The van der Waals surface area contributed by atoms with Crippen LogP contribution in [0.5, 0.6) is 0 Å². The van der Waals surface area contributed by atoms with E-state index >= 15 is 0 Å². The van der Waals surface area contributed by atoms with Gasteiger partial charge in [0.15, 0.2) is 0 Å². The van der Waals surface area contributed by atoms with Crippen LogP contribution in [-0.2, 0) is 9.59 Å². The molecule has 6 nitrogen and oxygen atoms in total. The molecule has 0 spiro atoms. The number of nitriles is 1. The van der Waals surface area contributed by atoms with Crippen LogP contribution in [0, 0.1) is 17.2 Å². The Hall–Kier alpha value is -3.37. The Kier molecular flexibility index (Phi) is 10.7. The molecule has 0 fully saturated rings. The van der Waals surface area contributed by atoms with Gasteiger partial charge in [0, 0.05) is 28.7 Å². The minimum absolute atomic E-state index is 0.125. The fourth-order valence-electron chi connectivity index (χ4n) is 4.05. The highest BCUT2D eigenvalue weighted by atomic mass is 35.5. The zero-order valence-corrected chi connectivity index (χ0v) is 23.3. The molecule has 0 saturated heterocycles. The Morgan fingerprint density at radius 2 is 1.63 bits per heavy atom. The zero-order chi connectivity index (χ0) is 27.7. The van der Waals surface area contributed by atoms with Crippen molar-refractivity contribution in [2.45, 2.75) is 33.2 Å². The Morgan fingerprint density at radius 3 is 2.26 bits per heavy atom. The first kappa shape index (κ1) is 29.2. The van der Waals surface area contributed by atoms with E-state index in [-0.39, 0.29) is 30.8 Å². The number of benzene rings is 3. The highest BCUT2D eigenvalue weighted by Crippen LogP contribution is 2.27. The summed E-state index contributed by atoms with van der Waals surface area (Å²) in [6.45, 7) is 7.34. The average Bonchev–Trinajstić information content (AvgIpc) is 2.88. The quantitative estimate of drug-likeness (QED) is 0.260. The predicted octanol–water partition coefficient (Wildman–Crippen LogP) is 6.70. The molecule has 3 aromatic carbocycles. The van der Waals surface area contributed by atoms with Gasteiger partial charge in [-0.05, 0) is 66.4 Å². The van der Waals surface area contributed by atoms with Crippen molar-refractivity contribution in [3.05, 3.63) is 87.9 Å². The van der Waals surface area contributed by atoms with Gasteiger partial charge < -0.3 is 15.5 Å². The maximum absolute atomic E-state index is 13.3. The number of carbonyl (C=O) groups excluding carboxylic acids is 2. The summed E-state index contributed by atoms with van der Waals surface area (Å²) < 4.78 is 0. The van der Waals surface area contributed by atoms with Crippen molar-refractivity contribution < 1.29 is 9.59 Å². The SMILES string of the molecule is CC(C)CNCCC(=O)N(CC(=O)Nc1cc(Cl)cc(Cl)c1)[C@@H](C)c1ccc(-c2cccc(C#N)c2)cc1. The number of nitrogens with zero attached hydrogens (tertiary/aromatic N) is 2. The molecule has 1 atom stereocenters. The molecule has 2 amide bonds. The van der Waals surface area contributed by atoms with Crippen molar-refractivity contribution in [1.82, 2.24) is 10.2 Å². The van der Waals surface area contributed by atoms with Gasteiger partial charge in [0.25, 0.3) is 0 Å². The molecule has 0 aliphatic rings. The minimum Gasteiger partial charge on any atom is -0.327 e. The number of hydrogen-bond acceptors (Lipinski definition) is 4. The van der Waals surface area contributed by atoms with Crippen LogP contribution >= 0.6 is 23.2 Å². The van der Waals surface area contributed by atoms with Gasteiger partial charge in [-0.2, -0.15) is 5.26 Å². The lowest BCUT2D eigenvalue weighted by atomic mass is 9.99. The van der Waals surface area contributed by atoms with Crippen LogP contribution in [0.2, 0.25) is 10.0 Å². The third-order valence-corrected chi connectivity index (χ3v) is 6.47. The van der Waals surface area contributed by atoms with Crippen LogP contribution in [0.25, 0.3) is 11.1 Å². The molecule has 38 heavy (non-hydrogen) atoms. The van der Waals surface area contributed by atoms with E-state index in [1.54, 1.807) is 29.2 Å². The van der Waals surface area contributed by atoms with Gasteiger partial charge in [-0.15, -0.1) is 0 Å². The topological polar surface area (TPSA) is 85.2 Å². The molecule has 8 heteroatoms. The number of hydrogen-bond donors (Lipinski definition) is 2. The van der Waals surface area contributed by atoms with Gasteiger partial charge in [-0.25, -0.2) is 0 Å². The Morgan fingerprint density at radius 1 is 0.947 bits per heavy atom. The fraction of sp³-hybridized carbons (Fsp3) is 0.300. The molecule has 3 aromatic rings. The second-order valence-electron chi connectivity index (χ2n) is 9.57. The molecule has 0 saturated carbocycles. The summed E-state index contributed by atoms with van der Waals surface area (Å²) in [5.74, 6) is 0.00485. The fourth-order valence-corrected chi connectivity index (χ4v) is 4.58. The minimum atomic E-state index is -0.346. The predicted molar refractivity (Wildman–Crippen MR) is 154 cm³/mol. The summed E-state index contributed by atoms with van der Waals surface area (Å²) >= 11 is 12.1. The van der Waals surface area contributed by atoms with Crippen LogP contribution in [0.1, 0.15) is 44.4 Å². The number of anilines is 1. The summed E-state index contributed by atoms with van der Waals surface area (Å²) in [4.78, 5) is 27.8. The summed E-state index contributed by atoms with van der Waals surface area (Å²) in [7, 11) is 0. The number of halogens is 2. The highest BCUT2D eigenvalue weighted by Gasteiger charge is 2.24. The maximum Gasteiger partial charge on any atom is 0.244 e. The van der Waals surface area contributed by atoms with Gasteiger partial charge in [0.1, 0.15) is 6.54 Å². The first-order valence-electron chi connectivity index (χ1n) is 12.5. The van der Waals surface area contributed by atoms with Crippen molar-refractivity contribution in [1.29, 1.82) is 5.26 Å². The van der Waals surface area contributed by atoms with Gasteiger partial charge in [-0.3, -0.25) is 9.59 Å². The molecule has 198 valence electrons. The Balaban J connectivity index is 1.78. The van der Waals surface area contributed by atoms with E-state index < -0.39 is 0 Å². The molecule has 0 radical (unpaired) electrons.